The summed E-state index contributed by atoms with van der Waals surface area (Å²) in [4.78, 5) is 12.7. The first kappa shape index (κ1) is 14.5. The van der Waals surface area contributed by atoms with Gasteiger partial charge in [0.2, 0.25) is 11.9 Å². The van der Waals surface area contributed by atoms with Crippen LogP contribution in [-0.2, 0) is 0 Å². The molecule has 1 fully saturated rings. The molecule has 1 unspecified atom stereocenters. The SMILES string of the molecule is CCOc1nc(NC)nc(NCC2CSCCS2)n1. The van der Waals surface area contributed by atoms with Crippen LogP contribution in [0.5, 0.6) is 6.01 Å². The molecule has 0 amide bonds. The maximum atomic E-state index is 5.33. The molecule has 0 radical (unpaired) electrons. The van der Waals surface area contributed by atoms with Crippen LogP contribution in [0.25, 0.3) is 0 Å². The Morgan fingerprint density at radius 3 is 2.79 bits per heavy atom. The van der Waals surface area contributed by atoms with Gasteiger partial charge in [0.25, 0.3) is 0 Å². The number of thioether (sulfide) groups is 2. The van der Waals surface area contributed by atoms with Crippen molar-refractivity contribution in [3.05, 3.63) is 0 Å². The smallest absolute Gasteiger partial charge is 0.323 e. The normalized spacial score (nSPS) is 18.9. The summed E-state index contributed by atoms with van der Waals surface area (Å²) in [5.41, 5.74) is 0. The highest BCUT2D eigenvalue weighted by molar-refractivity contribution is 8.06. The van der Waals surface area contributed by atoms with Gasteiger partial charge in [-0.25, -0.2) is 0 Å². The van der Waals surface area contributed by atoms with Crippen LogP contribution in [0.15, 0.2) is 0 Å². The molecule has 0 aromatic carbocycles. The van der Waals surface area contributed by atoms with E-state index >= 15 is 0 Å². The van der Waals surface area contributed by atoms with E-state index in [0.29, 0.717) is 29.8 Å². The summed E-state index contributed by atoms with van der Waals surface area (Å²) in [7, 11) is 1.78. The lowest BCUT2D eigenvalue weighted by Gasteiger charge is -2.21. The lowest BCUT2D eigenvalue weighted by atomic mass is 10.5. The van der Waals surface area contributed by atoms with Gasteiger partial charge in [0.15, 0.2) is 0 Å². The van der Waals surface area contributed by atoms with Gasteiger partial charge in [0.05, 0.1) is 6.61 Å². The molecule has 0 aliphatic carbocycles. The molecule has 1 aliphatic heterocycles. The molecule has 0 spiro atoms. The predicted molar refractivity (Wildman–Crippen MR) is 82.6 cm³/mol. The van der Waals surface area contributed by atoms with Crippen LogP contribution < -0.4 is 15.4 Å². The largest absolute Gasteiger partial charge is 0.464 e. The Bertz CT molecular complexity index is 401. The van der Waals surface area contributed by atoms with E-state index in [1.54, 1.807) is 7.05 Å². The molecule has 2 heterocycles. The van der Waals surface area contributed by atoms with Crippen molar-refractivity contribution in [1.29, 1.82) is 0 Å². The highest BCUT2D eigenvalue weighted by Crippen LogP contribution is 2.24. The number of rotatable bonds is 6. The first-order valence-electron chi connectivity index (χ1n) is 6.31. The minimum absolute atomic E-state index is 0.357. The molecule has 2 N–H and O–H groups in total. The van der Waals surface area contributed by atoms with Gasteiger partial charge in [-0.2, -0.15) is 38.5 Å². The zero-order valence-corrected chi connectivity index (χ0v) is 12.8. The fraction of sp³-hybridized carbons (Fsp3) is 0.727. The van der Waals surface area contributed by atoms with Crippen molar-refractivity contribution in [2.45, 2.75) is 12.2 Å². The van der Waals surface area contributed by atoms with Gasteiger partial charge < -0.3 is 15.4 Å². The second-order valence-electron chi connectivity index (χ2n) is 3.90. The maximum absolute atomic E-state index is 5.33. The molecular weight excluding hydrogens is 282 g/mol. The molecule has 0 bridgehead atoms. The zero-order valence-electron chi connectivity index (χ0n) is 11.2. The third kappa shape index (κ3) is 4.61. The van der Waals surface area contributed by atoms with Crippen molar-refractivity contribution in [1.82, 2.24) is 15.0 Å². The standard InChI is InChI=1S/C11H19N5OS2/c1-3-17-11-15-9(12-2)14-10(16-11)13-6-8-7-18-4-5-19-8/h8H,3-7H2,1-2H3,(H2,12,13,14,15,16). The molecule has 8 heteroatoms. The maximum Gasteiger partial charge on any atom is 0.323 e. The van der Waals surface area contributed by atoms with E-state index in [2.05, 4.69) is 25.6 Å². The Morgan fingerprint density at radius 2 is 2.11 bits per heavy atom. The van der Waals surface area contributed by atoms with Crippen molar-refractivity contribution in [3.8, 4) is 6.01 Å². The van der Waals surface area contributed by atoms with Crippen molar-refractivity contribution in [3.63, 3.8) is 0 Å². The second kappa shape index (κ2) is 7.64. The number of hydrogen-bond donors (Lipinski definition) is 2. The number of hydrogen-bond acceptors (Lipinski definition) is 8. The average molecular weight is 301 g/mol. The van der Waals surface area contributed by atoms with Crippen LogP contribution in [0.2, 0.25) is 0 Å². The van der Waals surface area contributed by atoms with Gasteiger partial charge >= 0.3 is 6.01 Å². The number of nitrogens with zero attached hydrogens (tertiary/aromatic N) is 3. The number of anilines is 2. The fourth-order valence-electron chi connectivity index (χ4n) is 1.60. The van der Waals surface area contributed by atoms with Gasteiger partial charge in [-0.1, -0.05) is 0 Å². The summed E-state index contributed by atoms with van der Waals surface area (Å²) >= 11 is 4.01. The highest BCUT2D eigenvalue weighted by atomic mass is 32.2. The summed E-state index contributed by atoms with van der Waals surface area (Å²) in [6.07, 6.45) is 0. The Hall–Kier alpha value is -0.890. The summed E-state index contributed by atoms with van der Waals surface area (Å²) < 4.78 is 5.33. The summed E-state index contributed by atoms with van der Waals surface area (Å²) in [5, 5.41) is 6.80. The van der Waals surface area contributed by atoms with Crippen LogP contribution in [0, 0.1) is 0 Å². The Labute approximate surface area is 121 Å². The summed E-state index contributed by atoms with van der Waals surface area (Å²) in [6, 6.07) is 0.357. The molecule has 1 saturated heterocycles. The molecule has 19 heavy (non-hydrogen) atoms. The van der Waals surface area contributed by atoms with Crippen molar-refractivity contribution in [2.24, 2.45) is 0 Å². The minimum Gasteiger partial charge on any atom is -0.464 e. The predicted octanol–water partition coefficient (Wildman–Crippen LogP) is 1.57. The minimum atomic E-state index is 0.357. The van der Waals surface area contributed by atoms with Crippen molar-refractivity contribution in [2.75, 3.05) is 48.1 Å². The lowest BCUT2D eigenvalue weighted by Crippen LogP contribution is -2.24. The summed E-state index contributed by atoms with van der Waals surface area (Å²) in [6.45, 7) is 3.32. The van der Waals surface area contributed by atoms with Gasteiger partial charge in [0, 0.05) is 36.1 Å². The molecule has 2 rings (SSSR count). The molecule has 6 nitrogen and oxygen atoms in total. The summed E-state index contributed by atoms with van der Waals surface area (Å²) in [5.74, 6) is 4.75. The zero-order chi connectivity index (χ0) is 13.5. The first-order chi connectivity index (χ1) is 9.31. The first-order valence-corrected chi connectivity index (χ1v) is 8.52. The monoisotopic (exact) mass is 301 g/mol. The van der Waals surface area contributed by atoms with Crippen LogP contribution in [0.1, 0.15) is 6.92 Å². The third-order valence-corrected chi connectivity index (χ3v) is 5.33. The van der Waals surface area contributed by atoms with E-state index in [9.17, 15) is 0 Å². The molecular formula is C11H19N5OS2. The van der Waals surface area contributed by atoms with Crippen LogP contribution in [0.3, 0.4) is 0 Å². The van der Waals surface area contributed by atoms with Gasteiger partial charge in [-0.05, 0) is 6.92 Å². The highest BCUT2D eigenvalue weighted by Gasteiger charge is 2.15. The van der Waals surface area contributed by atoms with Crippen LogP contribution >= 0.6 is 23.5 Å². The molecule has 0 saturated carbocycles. The molecule has 1 aromatic heterocycles. The van der Waals surface area contributed by atoms with Gasteiger partial charge in [0.1, 0.15) is 0 Å². The Balaban J connectivity index is 1.95. The van der Waals surface area contributed by atoms with Crippen LogP contribution in [0.4, 0.5) is 11.9 Å². The Kier molecular flexibility index (Phi) is 5.84. The number of aromatic nitrogens is 3. The third-order valence-electron chi connectivity index (χ3n) is 2.48. The topological polar surface area (TPSA) is 72.0 Å². The van der Waals surface area contributed by atoms with E-state index in [-0.39, 0.29) is 0 Å². The quantitative estimate of drug-likeness (QED) is 0.820. The van der Waals surface area contributed by atoms with Crippen LogP contribution in [-0.4, -0.2) is 57.7 Å². The second-order valence-corrected chi connectivity index (χ2v) is 6.45. The van der Waals surface area contributed by atoms with Gasteiger partial charge in [-0.3, -0.25) is 0 Å². The fourth-order valence-corrected chi connectivity index (χ4v) is 4.21. The Morgan fingerprint density at radius 1 is 1.26 bits per heavy atom. The number of nitrogens with one attached hydrogen (secondary N) is 2. The van der Waals surface area contributed by atoms with E-state index < -0.39 is 0 Å². The van der Waals surface area contributed by atoms with Crippen molar-refractivity contribution >= 4 is 35.4 Å². The molecule has 106 valence electrons. The number of ether oxygens (including phenoxy) is 1. The van der Waals surface area contributed by atoms with E-state index in [1.807, 2.05) is 30.4 Å². The molecule has 1 aliphatic rings. The lowest BCUT2D eigenvalue weighted by molar-refractivity contribution is 0.312. The molecule has 1 atom stereocenters. The van der Waals surface area contributed by atoms with Crippen molar-refractivity contribution < 1.29 is 4.74 Å². The average Bonchev–Trinajstić information content (AvgIpc) is 2.46. The molecule has 1 aromatic rings. The van der Waals surface area contributed by atoms with E-state index in [4.69, 9.17) is 4.74 Å². The van der Waals surface area contributed by atoms with Gasteiger partial charge in [-0.15, -0.1) is 0 Å². The van der Waals surface area contributed by atoms with E-state index in [0.717, 1.165) is 6.54 Å². The van der Waals surface area contributed by atoms with E-state index in [1.165, 1.54) is 17.3 Å².